The Kier molecular flexibility index (Phi) is 3.17. The van der Waals surface area contributed by atoms with Crippen molar-refractivity contribution in [1.82, 2.24) is 30.0 Å². The fourth-order valence-corrected chi connectivity index (χ4v) is 2.41. The highest BCUT2D eigenvalue weighted by Crippen LogP contribution is 2.25. The number of hydrogen-bond donors (Lipinski definition) is 1. The molecular weight excluding hydrogens is 266 g/mol. The van der Waals surface area contributed by atoms with Gasteiger partial charge in [0.25, 0.3) is 0 Å². The molecule has 1 aromatic carbocycles. The molecule has 0 bridgehead atoms. The summed E-state index contributed by atoms with van der Waals surface area (Å²) in [6, 6.07) is 5.71. The van der Waals surface area contributed by atoms with Gasteiger partial charge < -0.3 is 5.73 Å². The Hall–Kier alpha value is -2.70. The van der Waals surface area contributed by atoms with Gasteiger partial charge in [0.1, 0.15) is 5.69 Å². The standard InChI is InChI=1S/C14H17N7/c1-4-12-13(8-20(3)17-12)21-14(16-18-19-21)11-6-5-10(15)7-9(11)2/h5-8H,4,15H2,1-3H3. The van der Waals surface area contributed by atoms with Crippen LogP contribution in [0.1, 0.15) is 18.2 Å². The highest BCUT2D eigenvalue weighted by atomic mass is 15.5. The van der Waals surface area contributed by atoms with Crippen molar-refractivity contribution in [3.63, 3.8) is 0 Å². The number of nitrogens with two attached hydrogens (primary N) is 1. The maximum Gasteiger partial charge on any atom is 0.187 e. The summed E-state index contributed by atoms with van der Waals surface area (Å²) in [4.78, 5) is 0. The topological polar surface area (TPSA) is 87.4 Å². The first-order valence-electron chi connectivity index (χ1n) is 6.78. The summed E-state index contributed by atoms with van der Waals surface area (Å²) < 4.78 is 3.50. The van der Waals surface area contributed by atoms with Gasteiger partial charge in [0.05, 0.1) is 11.9 Å². The molecule has 2 N–H and O–H groups in total. The molecule has 2 aromatic heterocycles. The number of rotatable bonds is 3. The van der Waals surface area contributed by atoms with Crippen LogP contribution < -0.4 is 5.73 Å². The van der Waals surface area contributed by atoms with Crippen LogP contribution in [0.2, 0.25) is 0 Å². The van der Waals surface area contributed by atoms with E-state index in [0.717, 1.165) is 34.6 Å². The van der Waals surface area contributed by atoms with E-state index in [0.29, 0.717) is 5.82 Å². The molecule has 0 spiro atoms. The lowest BCUT2D eigenvalue weighted by molar-refractivity contribution is 0.746. The molecular formula is C14H17N7. The Labute approximate surface area is 122 Å². The zero-order valence-corrected chi connectivity index (χ0v) is 12.3. The molecule has 7 heteroatoms. The van der Waals surface area contributed by atoms with Gasteiger partial charge in [-0.3, -0.25) is 4.68 Å². The molecule has 0 unspecified atom stereocenters. The van der Waals surface area contributed by atoms with E-state index in [-0.39, 0.29) is 0 Å². The first kappa shape index (κ1) is 13.3. The molecule has 3 rings (SSSR count). The van der Waals surface area contributed by atoms with E-state index in [2.05, 4.69) is 27.5 Å². The second-order valence-corrected chi connectivity index (χ2v) is 4.98. The molecule has 7 nitrogen and oxygen atoms in total. The molecule has 0 radical (unpaired) electrons. The molecule has 0 saturated carbocycles. The quantitative estimate of drug-likeness (QED) is 0.736. The predicted molar refractivity (Wildman–Crippen MR) is 79.9 cm³/mol. The third kappa shape index (κ3) is 2.26. The second kappa shape index (κ2) is 5.01. The molecule has 21 heavy (non-hydrogen) atoms. The minimum absolute atomic E-state index is 0.690. The van der Waals surface area contributed by atoms with E-state index in [1.807, 2.05) is 38.4 Å². The van der Waals surface area contributed by atoms with Crippen molar-refractivity contribution in [3.05, 3.63) is 35.7 Å². The summed E-state index contributed by atoms with van der Waals surface area (Å²) in [5.41, 5.74) is 10.4. The Morgan fingerprint density at radius 1 is 1.29 bits per heavy atom. The molecule has 0 aliphatic carbocycles. The van der Waals surface area contributed by atoms with Crippen molar-refractivity contribution in [2.75, 3.05) is 5.73 Å². The van der Waals surface area contributed by atoms with Crippen molar-refractivity contribution in [1.29, 1.82) is 0 Å². The Morgan fingerprint density at radius 3 is 2.81 bits per heavy atom. The monoisotopic (exact) mass is 283 g/mol. The summed E-state index contributed by atoms with van der Waals surface area (Å²) in [7, 11) is 1.89. The van der Waals surface area contributed by atoms with Crippen LogP contribution in [0.5, 0.6) is 0 Å². The number of hydrogen-bond acceptors (Lipinski definition) is 5. The number of aryl methyl sites for hydroxylation is 3. The number of nitrogen functional groups attached to an aromatic ring is 1. The largest absolute Gasteiger partial charge is 0.399 e. The van der Waals surface area contributed by atoms with Gasteiger partial charge in [-0.15, -0.1) is 5.10 Å². The van der Waals surface area contributed by atoms with Crippen molar-refractivity contribution >= 4 is 5.69 Å². The fraction of sp³-hybridized carbons (Fsp3) is 0.286. The van der Waals surface area contributed by atoms with Crippen molar-refractivity contribution in [3.8, 4) is 17.1 Å². The zero-order valence-electron chi connectivity index (χ0n) is 12.3. The minimum Gasteiger partial charge on any atom is -0.399 e. The molecule has 0 fully saturated rings. The predicted octanol–water partition coefficient (Wildman–Crippen LogP) is 1.52. The molecule has 0 amide bonds. The van der Waals surface area contributed by atoms with E-state index in [9.17, 15) is 0 Å². The SMILES string of the molecule is CCc1nn(C)cc1-n1nnnc1-c1ccc(N)cc1C. The van der Waals surface area contributed by atoms with Gasteiger partial charge in [0.2, 0.25) is 0 Å². The molecule has 0 saturated heterocycles. The number of anilines is 1. The summed E-state index contributed by atoms with van der Waals surface area (Å²) >= 11 is 0. The third-order valence-corrected chi connectivity index (χ3v) is 3.41. The van der Waals surface area contributed by atoms with E-state index >= 15 is 0 Å². The normalized spacial score (nSPS) is 11.0. The van der Waals surface area contributed by atoms with Gasteiger partial charge in [-0.2, -0.15) is 9.78 Å². The third-order valence-electron chi connectivity index (χ3n) is 3.41. The Bertz CT molecular complexity index is 784. The molecule has 0 atom stereocenters. The van der Waals surface area contributed by atoms with Crippen molar-refractivity contribution in [2.45, 2.75) is 20.3 Å². The van der Waals surface area contributed by atoms with E-state index in [1.54, 1.807) is 9.36 Å². The second-order valence-electron chi connectivity index (χ2n) is 4.98. The maximum atomic E-state index is 5.81. The summed E-state index contributed by atoms with van der Waals surface area (Å²) in [6.07, 6.45) is 2.74. The number of aromatic nitrogens is 6. The summed E-state index contributed by atoms with van der Waals surface area (Å²) in [5, 5.41) is 16.5. The average Bonchev–Trinajstić information content (AvgIpc) is 3.04. The van der Waals surface area contributed by atoms with Gasteiger partial charge in [-0.25, -0.2) is 0 Å². The fourth-order valence-electron chi connectivity index (χ4n) is 2.41. The van der Waals surface area contributed by atoms with Gasteiger partial charge >= 0.3 is 0 Å². The molecule has 3 aromatic rings. The van der Waals surface area contributed by atoms with Crippen LogP contribution in [0.4, 0.5) is 5.69 Å². The van der Waals surface area contributed by atoms with Crippen LogP contribution in [0.3, 0.4) is 0 Å². The van der Waals surface area contributed by atoms with Crippen molar-refractivity contribution < 1.29 is 0 Å². The first-order chi connectivity index (χ1) is 10.1. The zero-order chi connectivity index (χ0) is 15.0. The van der Waals surface area contributed by atoms with Crippen LogP contribution in [0, 0.1) is 6.92 Å². The van der Waals surface area contributed by atoms with E-state index in [1.165, 1.54) is 0 Å². The molecule has 0 aliphatic heterocycles. The van der Waals surface area contributed by atoms with Gasteiger partial charge in [0, 0.05) is 18.3 Å². The van der Waals surface area contributed by atoms with Crippen LogP contribution in [-0.4, -0.2) is 30.0 Å². The number of tetrazole rings is 1. The van der Waals surface area contributed by atoms with E-state index in [4.69, 9.17) is 5.73 Å². The number of nitrogens with zero attached hydrogens (tertiary/aromatic N) is 6. The minimum atomic E-state index is 0.690. The molecule has 108 valence electrons. The summed E-state index contributed by atoms with van der Waals surface area (Å²) in [5.74, 6) is 0.690. The smallest absolute Gasteiger partial charge is 0.187 e. The number of benzene rings is 1. The average molecular weight is 283 g/mol. The van der Waals surface area contributed by atoms with Gasteiger partial charge in [-0.1, -0.05) is 6.92 Å². The first-order valence-corrected chi connectivity index (χ1v) is 6.78. The lowest BCUT2D eigenvalue weighted by Crippen LogP contribution is -2.03. The van der Waals surface area contributed by atoms with Crippen LogP contribution in [0.25, 0.3) is 17.1 Å². The van der Waals surface area contributed by atoms with E-state index < -0.39 is 0 Å². The van der Waals surface area contributed by atoms with Crippen LogP contribution in [0.15, 0.2) is 24.4 Å². The van der Waals surface area contributed by atoms with Gasteiger partial charge in [0.15, 0.2) is 5.82 Å². The Balaban J connectivity index is 2.17. The maximum absolute atomic E-state index is 5.81. The highest BCUT2D eigenvalue weighted by molar-refractivity contribution is 5.65. The van der Waals surface area contributed by atoms with Crippen LogP contribution >= 0.6 is 0 Å². The van der Waals surface area contributed by atoms with Gasteiger partial charge in [-0.05, 0) is 47.5 Å². The highest BCUT2D eigenvalue weighted by Gasteiger charge is 2.17. The molecule has 0 aliphatic rings. The van der Waals surface area contributed by atoms with Crippen molar-refractivity contribution in [2.24, 2.45) is 7.05 Å². The Morgan fingerprint density at radius 2 is 2.10 bits per heavy atom. The van der Waals surface area contributed by atoms with Crippen LogP contribution in [-0.2, 0) is 13.5 Å². The lowest BCUT2D eigenvalue weighted by atomic mass is 10.1. The lowest BCUT2D eigenvalue weighted by Gasteiger charge is -2.07. The molecule has 2 heterocycles. The summed E-state index contributed by atoms with van der Waals surface area (Å²) in [6.45, 7) is 4.05.